The highest BCUT2D eigenvalue weighted by atomic mass is 16.5. The molecule has 0 saturated carbocycles. The van der Waals surface area contributed by atoms with E-state index in [4.69, 9.17) is 4.74 Å². The zero-order valence-electron chi connectivity index (χ0n) is 45.3. The average Bonchev–Trinajstić information content (AvgIpc) is 3.26. The van der Waals surface area contributed by atoms with Crippen molar-refractivity contribution in [1.82, 2.24) is 37.2 Å². The summed E-state index contributed by atoms with van der Waals surface area (Å²) in [6.07, 6.45) is 4.85. The van der Waals surface area contributed by atoms with E-state index in [2.05, 4.69) is 51.1 Å². The summed E-state index contributed by atoms with van der Waals surface area (Å²) in [6, 6.07) is -9.67. The minimum absolute atomic E-state index is 0.0356. The predicted octanol–water partition coefficient (Wildman–Crippen LogP) is 4.65. The number of cyclic esters (lactones) is 1. The Hall–Kier alpha value is -5.30. The van der Waals surface area contributed by atoms with E-state index in [1.54, 1.807) is 69.2 Å². The zero-order valence-corrected chi connectivity index (χ0v) is 45.3. The van der Waals surface area contributed by atoms with Gasteiger partial charge >= 0.3 is 17.9 Å². The number of carboxylic acids is 2. The number of ether oxygens (including phenoxy) is 1. The Bertz CT molecular complexity index is 1790. The summed E-state index contributed by atoms with van der Waals surface area (Å²) in [5.74, 6) is -10.6. The highest BCUT2D eigenvalue weighted by Gasteiger charge is 2.37. The van der Waals surface area contributed by atoms with Crippen LogP contribution in [0.25, 0.3) is 0 Å². The van der Waals surface area contributed by atoms with Crippen LogP contribution in [0, 0.1) is 35.5 Å². The Morgan fingerprint density at radius 3 is 1.36 bits per heavy atom. The molecule has 1 saturated heterocycles. The predicted molar refractivity (Wildman–Crippen MR) is 272 cm³/mol. The van der Waals surface area contributed by atoms with Gasteiger partial charge in [0.05, 0.1) is 12.8 Å². The first kappa shape index (κ1) is 64.7. The molecule has 0 aliphatic carbocycles. The number of unbranched alkanes of at least 4 members (excludes halogenated alkanes) is 5. The molecule has 1 fully saturated rings. The van der Waals surface area contributed by atoms with Gasteiger partial charge in [-0.2, -0.15) is 0 Å². The molecule has 0 spiro atoms. The van der Waals surface area contributed by atoms with Crippen LogP contribution in [-0.4, -0.2) is 118 Å². The summed E-state index contributed by atoms with van der Waals surface area (Å²) in [6.45, 7) is 21.7. The monoisotopic (exact) mass is 1020 g/mol. The maximum Gasteiger partial charge on any atom is 0.329 e. The number of amides is 7. The summed E-state index contributed by atoms with van der Waals surface area (Å²) >= 11 is 0. The lowest BCUT2D eigenvalue weighted by Gasteiger charge is -2.29. The molecule has 20 nitrogen and oxygen atoms in total. The van der Waals surface area contributed by atoms with Gasteiger partial charge in [0.2, 0.25) is 41.4 Å². The molecule has 3 unspecified atom stereocenters. The van der Waals surface area contributed by atoms with E-state index in [0.29, 0.717) is 12.3 Å². The van der Waals surface area contributed by atoms with Crippen molar-refractivity contribution >= 4 is 59.3 Å². The number of hydrogen-bond donors (Lipinski definition) is 9. The van der Waals surface area contributed by atoms with Crippen molar-refractivity contribution in [3.8, 4) is 0 Å². The number of carboxylic acid groups (broad SMARTS) is 2. The number of carbonyl (C=O) groups excluding carboxylic acids is 8. The van der Waals surface area contributed by atoms with Crippen LogP contribution in [0.2, 0.25) is 0 Å². The Morgan fingerprint density at radius 2 is 0.917 bits per heavy atom. The van der Waals surface area contributed by atoms with Gasteiger partial charge in [0, 0.05) is 6.42 Å². The first-order valence-electron chi connectivity index (χ1n) is 26.4. The van der Waals surface area contributed by atoms with Gasteiger partial charge in [-0.1, -0.05) is 128 Å². The molecule has 0 aromatic carbocycles. The SMILES string of the molecule is CCC(C)CCCCCCCCC1CC(=O)N[C@H](CCC(=O)O)C(=O)N[C@@H](CC(C)C)C(=O)NC(CC(C)C)C(=O)N[C@@H](C(C)C)C(=O)N[C@@H](CC(=O)O)C(=O)N[C@H](CC(C)C)C(=O)N[C@@H](C(C)C)C(=O)O1. The maximum atomic E-state index is 14.1. The third-order valence-corrected chi connectivity index (χ3v) is 12.7. The third kappa shape index (κ3) is 25.9. The Morgan fingerprint density at radius 1 is 0.500 bits per heavy atom. The van der Waals surface area contributed by atoms with Gasteiger partial charge in [0.15, 0.2) is 0 Å². The van der Waals surface area contributed by atoms with E-state index in [0.717, 1.165) is 44.9 Å². The van der Waals surface area contributed by atoms with Crippen LogP contribution in [0.3, 0.4) is 0 Å². The molecule has 1 aliphatic rings. The van der Waals surface area contributed by atoms with E-state index < -0.39 is 139 Å². The second kappa shape index (κ2) is 33.4. The number of rotatable bonds is 23. The lowest BCUT2D eigenvalue weighted by molar-refractivity contribution is -0.156. The van der Waals surface area contributed by atoms with Crippen LogP contribution in [0.4, 0.5) is 0 Å². The molecule has 20 heteroatoms. The van der Waals surface area contributed by atoms with Gasteiger partial charge in [-0.3, -0.25) is 43.2 Å². The van der Waals surface area contributed by atoms with Gasteiger partial charge in [-0.05, 0) is 74.0 Å². The fourth-order valence-corrected chi connectivity index (χ4v) is 8.32. The highest BCUT2D eigenvalue weighted by Crippen LogP contribution is 2.19. The third-order valence-electron chi connectivity index (χ3n) is 12.7. The van der Waals surface area contributed by atoms with Crippen LogP contribution >= 0.6 is 0 Å². The van der Waals surface area contributed by atoms with Gasteiger partial charge in [-0.25, -0.2) is 4.79 Å². The molecule has 1 rings (SSSR count). The normalized spacial score (nSPS) is 24.6. The highest BCUT2D eigenvalue weighted by molar-refractivity contribution is 5.98. The average molecular weight is 1020 g/mol. The molecule has 9 atom stereocenters. The molecule has 72 heavy (non-hydrogen) atoms. The fraction of sp³-hybridized carbons (Fsp3) is 0.808. The van der Waals surface area contributed by atoms with Crippen molar-refractivity contribution in [2.75, 3.05) is 0 Å². The fourth-order valence-electron chi connectivity index (χ4n) is 8.32. The first-order chi connectivity index (χ1) is 33.6. The van der Waals surface area contributed by atoms with E-state index in [9.17, 15) is 58.2 Å². The standard InChI is InChI=1S/C52H91N7O13/c1-13-34(12)20-18-16-14-15-17-19-21-35-27-41(60)53-36(22-23-42(61)62)46(65)54-37(24-29(2)3)47(66)55-38(25-30(4)5)49(68)58-44(32(8)9)51(70)57-40(28-43(63)64)48(67)56-39(26-31(6)7)50(69)59-45(33(10)11)52(71)72-35/h29-40,44-45H,13-28H2,1-12H3,(H,53,60)(H,54,65)(H,55,66)(H,56,67)(H,57,70)(H,58,68)(H,59,69)(H,61,62)(H,63,64)/t34?,35?,36-,37+,38?,39-,40+,44+,45+/m1/s1. The summed E-state index contributed by atoms with van der Waals surface area (Å²) in [7, 11) is 0. The number of hydrogen-bond acceptors (Lipinski definition) is 11. The Kier molecular flexibility index (Phi) is 30.0. The van der Waals surface area contributed by atoms with Crippen molar-refractivity contribution in [3.63, 3.8) is 0 Å². The van der Waals surface area contributed by atoms with Crippen molar-refractivity contribution in [1.29, 1.82) is 0 Å². The van der Waals surface area contributed by atoms with Gasteiger partial charge in [0.1, 0.15) is 48.4 Å². The molecule has 7 amide bonds. The largest absolute Gasteiger partial charge is 0.481 e. The maximum absolute atomic E-state index is 14.1. The van der Waals surface area contributed by atoms with Crippen molar-refractivity contribution in [2.24, 2.45) is 35.5 Å². The first-order valence-corrected chi connectivity index (χ1v) is 26.4. The van der Waals surface area contributed by atoms with Crippen LogP contribution in [-0.2, 0) is 52.7 Å². The van der Waals surface area contributed by atoms with E-state index in [-0.39, 0.29) is 49.9 Å². The van der Waals surface area contributed by atoms with Crippen LogP contribution < -0.4 is 37.2 Å². The van der Waals surface area contributed by atoms with Gasteiger partial charge in [0.25, 0.3) is 0 Å². The molecular formula is C52H91N7O13. The smallest absolute Gasteiger partial charge is 0.329 e. The van der Waals surface area contributed by atoms with Gasteiger partial charge in [-0.15, -0.1) is 0 Å². The molecule has 9 N–H and O–H groups in total. The van der Waals surface area contributed by atoms with Crippen LogP contribution in [0.15, 0.2) is 0 Å². The molecular weight excluding hydrogens is 931 g/mol. The number of aliphatic carboxylic acids is 2. The molecule has 1 aliphatic heterocycles. The summed E-state index contributed by atoms with van der Waals surface area (Å²) in [4.78, 5) is 136. The van der Waals surface area contributed by atoms with E-state index in [1.165, 1.54) is 0 Å². The van der Waals surface area contributed by atoms with Crippen molar-refractivity contribution in [3.05, 3.63) is 0 Å². The molecule has 1 heterocycles. The quantitative estimate of drug-likeness (QED) is 0.0498. The molecule has 0 aromatic rings. The lowest BCUT2D eigenvalue weighted by atomic mass is 9.98. The van der Waals surface area contributed by atoms with Crippen molar-refractivity contribution < 1.29 is 62.9 Å². The summed E-state index contributed by atoms with van der Waals surface area (Å²) < 4.78 is 6.00. The summed E-state index contributed by atoms with van der Waals surface area (Å²) in [5.41, 5.74) is 0. The topological polar surface area (TPSA) is 305 Å². The van der Waals surface area contributed by atoms with E-state index in [1.807, 2.05) is 0 Å². The Labute approximate surface area is 428 Å². The molecule has 0 aromatic heterocycles. The second-order valence-electron chi connectivity index (χ2n) is 21.7. The van der Waals surface area contributed by atoms with E-state index >= 15 is 0 Å². The summed E-state index contributed by atoms with van der Waals surface area (Å²) in [5, 5.41) is 37.8. The number of carbonyl (C=O) groups is 10. The number of esters is 1. The van der Waals surface area contributed by atoms with Gasteiger partial charge < -0.3 is 52.2 Å². The van der Waals surface area contributed by atoms with Crippen LogP contribution in [0.1, 0.15) is 186 Å². The minimum atomic E-state index is -1.72. The molecule has 0 radical (unpaired) electrons. The van der Waals surface area contributed by atoms with Crippen molar-refractivity contribution in [2.45, 2.75) is 234 Å². The van der Waals surface area contributed by atoms with Crippen LogP contribution in [0.5, 0.6) is 0 Å². The molecule has 0 bridgehead atoms. The molecule has 412 valence electrons. The number of nitrogens with one attached hydrogen (secondary N) is 7. The Balaban J connectivity index is 3.93. The minimum Gasteiger partial charge on any atom is -0.481 e. The second-order valence-corrected chi connectivity index (χ2v) is 21.7. The lowest BCUT2D eigenvalue weighted by Crippen LogP contribution is -2.61. The zero-order chi connectivity index (χ0) is 54.8.